The smallest absolute Gasteiger partial charge is 0.240 e. The Bertz CT molecular complexity index is 489. The van der Waals surface area contributed by atoms with Gasteiger partial charge in [-0.3, -0.25) is 4.79 Å². The van der Waals surface area contributed by atoms with Crippen LogP contribution < -0.4 is 5.43 Å². The Labute approximate surface area is 166 Å². The maximum absolute atomic E-state index is 12.7. The predicted octanol–water partition coefficient (Wildman–Crippen LogP) is 6.37. The number of carbonyl (C=O) groups excluding carboxylic acids is 1. The van der Waals surface area contributed by atoms with Crippen molar-refractivity contribution in [2.24, 2.45) is 28.3 Å². The molecule has 0 unspecified atom stereocenters. The lowest BCUT2D eigenvalue weighted by Crippen LogP contribution is -2.47. The van der Waals surface area contributed by atoms with E-state index < -0.39 is 0 Å². The van der Waals surface area contributed by atoms with E-state index in [1.165, 1.54) is 102 Å². The maximum atomic E-state index is 12.7. The molecule has 0 aromatic carbocycles. The Hall–Kier alpha value is -0.860. The van der Waals surface area contributed by atoms with Crippen LogP contribution in [0.3, 0.4) is 0 Å². The monoisotopic (exact) mass is 372 g/mol. The van der Waals surface area contributed by atoms with Crippen molar-refractivity contribution in [3.63, 3.8) is 0 Å². The zero-order valence-electron chi connectivity index (χ0n) is 17.3. The molecule has 0 aromatic rings. The summed E-state index contributed by atoms with van der Waals surface area (Å²) in [6.45, 7) is 0. The largest absolute Gasteiger partial charge is 0.273 e. The van der Waals surface area contributed by atoms with E-state index in [1.54, 1.807) is 0 Å². The fraction of sp³-hybridized carbons (Fsp3) is 0.917. The van der Waals surface area contributed by atoms with Crippen LogP contribution >= 0.6 is 0 Å². The fourth-order valence-corrected chi connectivity index (χ4v) is 7.16. The van der Waals surface area contributed by atoms with Gasteiger partial charge in [0, 0.05) is 12.1 Å². The van der Waals surface area contributed by atoms with Crippen LogP contribution in [0.4, 0.5) is 0 Å². The molecule has 0 heterocycles. The van der Waals surface area contributed by atoms with Crippen LogP contribution in [0.15, 0.2) is 5.10 Å². The first-order valence-corrected chi connectivity index (χ1v) is 12.1. The second kappa shape index (κ2) is 9.09. The summed E-state index contributed by atoms with van der Waals surface area (Å²) in [4.78, 5) is 12.7. The minimum absolute atomic E-state index is 0.190. The van der Waals surface area contributed by atoms with Gasteiger partial charge < -0.3 is 0 Å². The molecule has 1 amide bonds. The molecule has 5 aliphatic carbocycles. The Morgan fingerprint density at radius 2 is 1.22 bits per heavy atom. The molecule has 0 saturated heterocycles. The van der Waals surface area contributed by atoms with Crippen LogP contribution in [-0.4, -0.2) is 11.6 Å². The predicted molar refractivity (Wildman–Crippen MR) is 112 cm³/mol. The average Bonchev–Trinajstić information content (AvgIpc) is 2.59. The summed E-state index contributed by atoms with van der Waals surface area (Å²) in [6.07, 6.45) is 23.2. The fourth-order valence-electron chi connectivity index (χ4n) is 7.16. The van der Waals surface area contributed by atoms with Crippen molar-refractivity contribution in [2.75, 3.05) is 0 Å². The van der Waals surface area contributed by atoms with Gasteiger partial charge in [0.05, 0.1) is 0 Å². The van der Waals surface area contributed by atoms with Crippen molar-refractivity contribution in [3.8, 4) is 0 Å². The lowest BCUT2D eigenvalue weighted by atomic mass is 9.49. The minimum atomic E-state index is 0.190. The molecule has 5 fully saturated rings. The van der Waals surface area contributed by atoms with Crippen molar-refractivity contribution in [1.82, 2.24) is 5.43 Å². The molecule has 5 aliphatic rings. The summed E-state index contributed by atoms with van der Waals surface area (Å²) in [5.74, 6) is 2.94. The Morgan fingerprint density at radius 3 is 1.70 bits per heavy atom. The lowest BCUT2D eigenvalue weighted by Gasteiger charge is -2.56. The van der Waals surface area contributed by atoms with Gasteiger partial charge in [-0.2, -0.15) is 5.10 Å². The molecule has 0 aromatic heterocycles. The van der Waals surface area contributed by atoms with Gasteiger partial charge in [-0.15, -0.1) is 0 Å². The highest BCUT2D eigenvalue weighted by molar-refractivity contribution is 5.86. The molecule has 0 radical (unpaired) electrons. The third kappa shape index (κ3) is 5.35. The van der Waals surface area contributed by atoms with E-state index in [1.807, 2.05) is 0 Å². The molecular formula is C24H40N2O. The van der Waals surface area contributed by atoms with Crippen LogP contribution in [0.5, 0.6) is 0 Å². The second-order valence-electron chi connectivity index (χ2n) is 10.5. The van der Waals surface area contributed by atoms with E-state index in [0.29, 0.717) is 5.41 Å². The zero-order chi connectivity index (χ0) is 18.5. The standard InChI is InChI=1S/C24H40N2O/c27-23(18-24-15-19-12-20(16-24)14-21(13-19)17-24)26-25-22-10-8-6-4-2-1-3-5-7-9-11-22/h19-21H,1-18H2,(H,26,27). The van der Waals surface area contributed by atoms with Crippen LogP contribution in [0.25, 0.3) is 0 Å². The zero-order valence-corrected chi connectivity index (χ0v) is 17.3. The van der Waals surface area contributed by atoms with Gasteiger partial charge >= 0.3 is 0 Å². The summed E-state index contributed by atoms with van der Waals surface area (Å²) in [5.41, 5.74) is 4.56. The number of amides is 1. The Kier molecular flexibility index (Phi) is 6.55. The van der Waals surface area contributed by atoms with Gasteiger partial charge in [-0.05, 0) is 87.4 Å². The van der Waals surface area contributed by atoms with Crippen LogP contribution in [0, 0.1) is 23.2 Å². The molecule has 0 aliphatic heterocycles. The number of nitrogens with one attached hydrogen (secondary N) is 1. The first-order valence-electron chi connectivity index (χ1n) is 12.1. The van der Waals surface area contributed by atoms with Gasteiger partial charge in [0.2, 0.25) is 5.91 Å². The summed E-state index contributed by atoms with van der Waals surface area (Å²) in [5, 5.41) is 4.63. The molecule has 0 spiro atoms. The highest BCUT2D eigenvalue weighted by atomic mass is 16.2. The number of hydrogen-bond donors (Lipinski definition) is 1. The van der Waals surface area contributed by atoms with Crippen molar-refractivity contribution in [3.05, 3.63) is 0 Å². The molecule has 3 nitrogen and oxygen atoms in total. The number of hydrazone groups is 1. The summed E-state index contributed by atoms with van der Waals surface area (Å²) in [7, 11) is 0. The maximum Gasteiger partial charge on any atom is 0.240 e. The molecule has 5 rings (SSSR count). The van der Waals surface area contributed by atoms with Crippen molar-refractivity contribution in [1.29, 1.82) is 0 Å². The van der Waals surface area contributed by atoms with Crippen LogP contribution in [-0.2, 0) is 4.79 Å². The third-order valence-electron chi connectivity index (χ3n) is 7.97. The highest BCUT2D eigenvalue weighted by Crippen LogP contribution is 2.61. The van der Waals surface area contributed by atoms with Gasteiger partial charge in [0.1, 0.15) is 0 Å². The van der Waals surface area contributed by atoms with Crippen molar-refractivity contribution >= 4 is 11.6 Å². The van der Waals surface area contributed by atoms with Gasteiger partial charge in [0.25, 0.3) is 0 Å². The quantitative estimate of drug-likeness (QED) is 0.575. The van der Waals surface area contributed by atoms with Crippen molar-refractivity contribution < 1.29 is 4.79 Å². The minimum Gasteiger partial charge on any atom is -0.273 e. The normalized spacial score (nSPS) is 37.3. The summed E-state index contributed by atoms with van der Waals surface area (Å²) in [6, 6.07) is 0. The first-order chi connectivity index (χ1) is 13.2. The van der Waals surface area contributed by atoms with Gasteiger partial charge in [-0.1, -0.05) is 44.9 Å². The first kappa shape index (κ1) is 19.5. The Balaban J connectivity index is 1.28. The van der Waals surface area contributed by atoms with Crippen LogP contribution in [0.2, 0.25) is 0 Å². The van der Waals surface area contributed by atoms with Gasteiger partial charge in [-0.25, -0.2) is 5.43 Å². The summed E-state index contributed by atoms with van der Waals surface area (Å²) >= 11 is 0. The highest BCUT2D eigenvalue weighted by Gasteiger charge is 2.51. The molecule has 5 saturated carbocycles. The molecule has 3 heteroatoms. The van der Waals surface area contributed by atoms with E-state index in [-0.39, 0.29) is 5.91 Å². The lowest BCUT2D eigenvalue weighted by molar-refractivity contribution is -0.129. The average molecular weight is 373 g/mol. The van der Waals surface area contributed by atoms with Crippen LogP contribution in [0.1, 0.15) is 116 Å². The molecule has 4 bridgehead atoms. The van der Waals surface area contributed by atoms with Gasteiger partial charge in [0.15, 0.2) is 0 Å². The van der Waals surface area contributed by atoms with E-state index in [2.05, 4.69) is 10.5 Å². The van der Waals surface area contributed by atoms with E-state index in [0.717, 1.165) is 37.0 Å². The molecule has 0 atom stereocenters. The molecule has 27 heavy (non-hydrogen) atoms. The van der Waals surface area contributed by atoms with E-state index in [9.17, 15) is 4.79 Å². The Morgan fingerprint density at radius 1 is 0.778 bits per heavy atom. The van der Waals surface area contributed by atoms with E-state index >= 15 is 0 Å². The third-order valence-corrected chi connectivity index (χ3v) is 7.97. The topological polar surface area (TPSA) is 41.5 Å². The summed E-state index contributed by atoms with van der Waals surface area (Å²) < 4.78 is 0. The molecule has 1 N–H and O–H groups in total. The number of hydrogen-bond acceptors (Lipinski definition) is 2. The number of rotatable bonds is 3. The number of nitrogens with zero attached hydrogens (tertiary/aromatic N) is 1. The molecule has 152 valence electrons. The van der Waals surface area contributed by atoms with Crippen molar-refractivity contribution in [2.45, 2.75) is 116 Å². The second-order valence-corrected chi connectivity index (χ2v) is 10.5. The number of carbonyl (C=O) groups is 1. The van der Waals surface area contributed by atoms with E-state index in [4.69, 9.17) is 0 Å². The SMILES string of the molecule is O=C(CC12CC3CC(CC(C3)C1)C2)NN=C1CCCCCCCCCCC1. The molecular weight excluding hydrogens is 332 g/mol.